The van der Waals surface area contributed by atoms with Crippen molar-refractivity contribution < 1.29 is 9.59 Å². The Labute approximate surface area is 177 Å². The number of fused-ring (bicyclic) bond motifs is 1. The summed E-state index contributed by atoms with van der Waals surface area (Å²) < 4.78 is 0. The van der Waals surface area contributed by atoms with E-state index in [0.29, 0.717) is 22.4 Å². The van der Waals surface area contributed by atoms with Crippen LogP contribution in [0.5, 0.6) is 0 Å². The van der Waals surface area contributed by atoms with Gasteiger partial charge in [-0.2, -0.15) is 0 Å². The van der Waals surface area contributed by atoms with Gasteiger partial charge in [-0.15, -0.1) is 0 Å². The third-order valence-corrected chi connectivity index (χ3v) is 6.09. The predicted octanol–water partition coefficient (Wildman–Crippen LogP) is 2.77. The highest BCUT2D eigenvalue weighted by Gasteiger charge is 2.42. The molecule has 1 fully saturated rings. The Bertz CT molecular complexity index is 969. The average Bonchev–Trinajstić information content (AvgIpc) is 3.19. The first-order valence-corrected chi connectivity index (χ1v) is 10.5. The van der Waals surface area contributed by atoms with Crippen LogP contribution in [0.4, 0.5) is 11.4 Å². The van der Waals surface area contributed by atoms with Crippen molar-refractivity contribution in [2.24, 2.45) is 10.9 Å². The number of hydrazine groups is 1. The first-order valence-electron chi connectivity index (χ1n) is 9.17. The molecule has 0 radical (unpaired) electrons. The lowest BCUT2D eigenvalue weighted by atomic mass is 10.1. The molecule has 150 valence electrons. The van der Waals surface area contributed by atoms with Gasteiger partial charge in [-0.05, 0) is 36.8 Å². The molecule has 2 aromatic rings. The summed E-state index contributed by atoms with van der Waals surface area (Å²) in [4.78, 5) is 31.8. The van der Waals surface area contributed by atoms with E-state index in [1.165, 1.54) is 11.8 Å². The second-order valence-corrected chi connectivity index (χ2v) is 8.15. The number of halogens is 1. The van der Waals surface area contributed by atoms with Crippen molar-refractivity contribution in [3.05, 3.63) is 59.1 Å². The molecule has 9 heteroatoms. The Morgan fingerprint density at radius 3 is 2.86 bits per heavy atom. The Hall–Kier alpha value is -2.39. The molecule has 2 aliphatic heterocycles. The molecule has 2 amide bonds. The monoisotopic (exact) mass is 429 g/mol. The summed E-state index contributed by atoms with van der Waals surface area (Å²) in [5.41, 5.74) is 8.32. The zero-order chi connectivity index (χ0) is 20.4. The number of nitrogens with one attached hydrogen (secondary N) is 3. The smallest absolute Gasteiger partial charge is 0.241 e. The molecule has 0 aromatic heterocycles. The average molecular weight is 430 g/mol. The number of rotatable bonds is 4. The SMILES string of the molecule is Cc1ccc(NC(=O)CSC2=NC3NNCC3C(=O)N2c2ccccc2)cc1Cl. The van der Waals surface area contributed by atoms with Crippen LogP contribution >= 0.6 is 23.4 Å². The number of benzene rings is 2. The van der Waals surface area contributed by atoms with Crippen LogP contribution in [-0.2, 0) is 9.59 Å². The van der Waals surface area contributed by atoms with Gasteiger partial charge in [-0.25, -0.2) is 10.4 Å². The highest BCUT2D eigenvalue weighted by molar-refractivity contribution is 8.14. The van der Waals surface area contributed by atoms with E-state index in [1.54, 1.807) is 17.0 Å². The maximum atomic E-state index is 13.1. The van der Waals surface area contributed by atoms with Gasteiger partial charge in [0.1, 0.15) is 6.17 Å². The van der Waals surface area contributed by atoms with Crippen LogP contribution in [0.15, 0.2) is 53.5 Å². The number of hydrogen-bond acceptors (Lipinski definition) is 6. The lowest BCUT2D eigenvalue weighted by molar-refractivity contribution is -0.121. The molecule has 29 heavy (non-hydrogen) atoms. The van der Waals surface area contributed by atoms with Crippen molar-refractivity contribution in [1.29, 1.82) is 0 Å². The van der Waals surface area contributed by atoms with E-state index in [-0.39, 0.29) is 29.7 Å². The van der Waals surface area contributed by atoms with Crippen molar-refractivity contribution in [3.8, 4) is 0 Å². The van der Waals surface area contributed by atoms with E-state index in [4.69, 9.17) is 11.6 Å². The first-order chi connectivity index (χ1) is 14.0. The number of aliphatic imine (C=N–C) groups is 1. The van der Waals surface area contributed by atoms with Gasteiger partial charge in [0.15, 0.2) is 5.17 Å². The summed E-state index contributed by atoms with van der Waals surface area (Å²) in [5.74, 6) is -0.395. The molecular weight excluding hydrogens is 410 g/mol. The maximum Gasteiger partial charge on any atom is 0.241 e. The topological polar surface area (TPSA) is 85.8 Å². The number of carbonyl (C=O) groups excluding carboxylic acids is 2. The molecule has 3 N–H and O–H groups in total. The van der Waals surface area contributed by atoms with Crippen molar-refractivity contribution in [2.75, 3.05) is 22.5 Å². The number of amidine groups is 1. The molecular formula is C20H20ClN5O2S. The minimum absolute atomic E-state index is 0.0399. The normalized spacial score (nSPS) is 21.0. The van der Waals surface area contributed by atoms with E-state index in [0.717, 1.165) is 11.3 Å². The summed E-state index contributed by atoms with van der Waals surface area (Å²) >= 11 is 7.35. The van der Waals surface area contributed by atoms with Crippen molar-refractivity contribution in [1.82, 2.24) is 10.9 Å². The molecule has 7 nitrogen and oxygen atoms in total. The van der Waals surface area contributed by atoms with Crippen LogP contribution < -0.4 is 21.1 Å². The Morgan fingerprint density at radius 1 is 1.31 bits per heavy atom. The van der Waals surface area contributed by atoms with Crippen LogP contribution in [-0.4, -0.2) is 35.4 Å². The quantitative estimate of drug-likeness (QED) is 0.695. The Kier molecular flexibility index (Phi) is 5.86. The zero-order valence-corrected chi connectivity index (χ0v) is 17.3. The van der Waals surface area contributed by atoms with Crippen LogP contribution in [0.1, 0.15) is 5.56 Å². The number of hydrogen-bond donors (Lipinski definition) is 3. The fourth-order valence-electron chi connectivity index (χ4n) is 3.18. The minimum Gasteiger partial charge on any atom is -0.325 e. The van der Waals surface area contributed by atoms with Gasteiger partial charge in [0, 0.05) is 17.3 Å². The summed E-state index contributed by atoms with van der Waals surface area (Å²) in [6.07, 6.45) is -0.330. The number of amides is 2. The first kappa shape index (κ1) is 19.9. The molecule has 0 spiro atoms. The van der Waals surface area contributed by atoms with E-state index in [9.17, 15) is 9.59 Å². The number of thioether (sulfide) groups is 1. The van der Waals surface area contributed by atoms with Gasteiger partial charge >= 0.3 is 0 Å². The zero-order valence-electron chi connectivity index (χ0n) is 15.7. The molecule has 0 saturated carbocycles. The van der Waals surface area contributed by atoms with Gasteiger partial charge in [-0.3, -0.25) is 19.9 Å². The number of carbonyl (C=O) groups is 2. The van der Waals surface area contributed by atoms with Gasteiger partial charge in [0.2, 0.25) is 11.8 Å². The maximum absolute atomic E-state index is 13.1. The Morgan fingerprint density at radius 2 is 2.10 bits per heavy atom. The fourth-order valence-corrected chi connectivity index (χ4v) is 4.21. The standard InChI is InChI=1S/C20H20ClN5O2S/c1-12-7-8-13(9-16(12)21)23-17(27)11-29-20-24-18-15(10-22-25-18)19(28)26(20)14-5-3-2-4-6-14/h2-9,15,18,22,25H,10-11H2,1H3,(H,23,27). The molecule has 1 saturated heterocycles. The lowest BCUT2D eigenvalue weighted by Crippen LogP contribution is -2.49. The van der Waals surface area contributed by atoms with Gasteiger partial charge < -0.3 is 5.32 Å². The van der Waals surface area contributed by atoms with Crippen molar-refractivity contribution in [3.63, 3.8) is 0 Å². The molecule has 0 bridgehead atoms. The number of anilines is 2. The second-order valence-electron chi connectivity index (χ2n) is 6.80. The number of para-hydroxylation sites is 1. The minimum atomic E-state index is -0.330. The highest BCUT2D eigenvalue weighted by Crippen LogP contribution is 2.29. The number of aryl methyl sites for hydroxylation is 1. The van der Waals surface area contributed by atoms with Crippen LogP contribution in [0, 0.1) is 12.8 Å². The van der Waals surface area contributed by atoms with Crippen LogP contribution in [0.2, 0.25) is 5.02 Å². The van der Waals surface area contributed by atoms with Crippen molar-refractivity contribution in [2.45, 2.75) is 13.1 Å². The third kappa shape index (κ3) is 4.30. The molecule has 2 aliphatic rings. The van der Waals surface area contributed by atoms with Gasteiger partial charge in [0.25, 0.3) is 0 Å². The molecule has 2 aromatic carbocycles. The Balaban J connectivity index is 1.49. The summed E-state index contributed by atoms with van der Waals surface area (Å²) in [7, 11) is 0. The summed E-state index contributed by atoms with van der Waals surface area (Å²) in [6.45, 7) is 2.42. The molecule has 2 heterocycles. The predicted molar refractivity (Wildman–Crippen MR) is 117 cm³/mol. The van der Waals surface area contributed by atoms with E-state index >= 15 is 0 Å². The largest absolute Gasteiger partial charge is 0.325 e. The fraction of sp³-hybridized carbons (Fsp3) is 0.250. The lowest BCUT2D eigenvalue weighted by Gasteiger charge is -2.32. The van der Waals surface area contributed by atoms with Crippen LogP contribution in [0.3, 0.4) is 0 Å². The second kappa shape index (κ2) is 8.54. The van der Waals surface area contributed by atoms with E-state index in [2.05, 4.69) is 21.2 Å². The third-order valence-electron chi connectivity index (χ3n) is 4.73. The van der Waals surface area contributed by atoms with E-state index in [1.807, 2.05) is 43.3 Å². The highest BCUT2D eigenvalue weighted by atomic mass is 35.5. The number of nitrogens with zero attached hydrogens (tertiary/aromatic N) is 2. The summed E-state index contributed by atoms with van der Waals surface area (Å²) in [6, 6.07) is 14.7. The molecule has 2 unspecified atom stereocenters. The van der Waals surface area contributed by atoms with Gasteiger partial charge in [0.05, 0.1) is 17.4 Å². The van der Waals surface area contributed by atoms with Gasteiger partial charge in [-0.1, -0.05) is 47.6 Å². The van der Waals surface area contributed by atoms with Crippen LogP contribution in [0.25, 0.3) is 0 Å². The summed E-state index contributed by atoms with van der Waals surface area (Å²) in [5, 5.41) is 3.92. The molecule has 0 aliphatic carbocycles. The van der Waals surface area contributed by atoms with E-state index < -0.39 is 0 Å². The molecule has 4 rings (SSSR count). The molecule has 2 atom stereocenters. The van der Waals surface area contributed by atoms with Crippen molar-refractivity contribution >= 4 is 51.7 Å².